The molecule has 0 bridgehead atoms. The van der Waals surface area contributed by atoms with E-state index in [2.05, 4.69) is 38.0 Å². The normalized spacial score (nSPS) is 15.4. The van der Waals surface area contributed by atoms with E-state index in [1.54, 1.807) is 12.4 Å². The van der Waals surface area contributed by atoms with Gasteiger partial charge >= 0.3 is 0 Å². The number of nitrogens with zero attached hydrogens (tertiary/aromatic N) is 1. The lowest BCUT2D eigenvalue weighted by molar-refractivity contribution is 0.225. The van der Waals surface area contributed by atoms with Crippen molar-refractivity contribution in [2.75, 3.05) is 7.05 Å². The lowest BCUT2D eigenvalue weighted by Crippen LogP contribution is -2.33. The lowest BCUT2D eigenvalue weighted by Gasteiger charge is -2.31. The van der Waals surface area contributed by atoms with Crippen molar-refractivity contribution in [3.05, 3.63) is 29.0 Å². The highest BCUT2D eigenvalue weighted by atomic mass is 35.5. The summed E-state index contributed by atoms with van der Waals surface area (Å²) in [4.78, 5) is 4.03. The summed E-state index contributed by atoms with van der Waals surface area (Å²) in [6, 6.07) is 2.47. The Balaban J connectivity index is 2.66. The number of rotatable bonds is 5. The zero-order valence-electron chi connectivity index (χ0n) is 12.1. The molecule has 2 atom stereocenters. The number of pyridine rings is 1. The molecule has 0 aliphatic rings. The molecule has 3 heteroatoms. The smallest absolute Gasteiger partial charge is 0.0621 e. The molecule has 0 amide bonds. The molecule has 1 aromatic rings. The minimum absolute atomic E-state index is 0.344. The van der Waals surface area contributed by atoms with E-state index in [-0.39, 0.29) is 0 Å². The van der Waals surface area contributed by atoms with Gasteiger partial charge in [0.25, 0.3) is 0 Å². The molecule has 0 saturated carbocycles. The van der Waals surface area contributed by atoms with Crippen molar-refractivity contribution in [1.29, 1.82) is 0 Å². The van der Waals surface area contributed by atoms with Crippen LogP contribution in [0, 0.1) is 11.3 Å². The second kappa shape index (κ2) is 6.53. The van der Waals surface area contributed by atoms with E-state index < -0.39 is 0 Å². The van der Waals surface area contributed by atoms with E-state index in [1.807, 2.05) is 13.1 Å². The number of hydrogen-bond donors (Lipinski definition) is 1. The van der Waals surface area contributed by atoms with Crippen LogP contribution < -0.4 is 5.32 Å². The standard InChI is InChI=1S/C15H25ClN2/c1-11(15(2,3)4)8-13(17-5)9-12-6-7-18-10-14(12)16/h6-7,10-11,13,17H,8-9H2,1-5H3. The van der Waals surface area contributed by atoms with Crippen molar-refractivity contribution in [2.45, 2.75) is 46.6 Å². The fraction of sp³-hybridized carbons (Fsp3) is 0.667. The van der Waals surface area contributed by atoms with Crippen LogP contribution in [-0.4, -0.2) is 18.1 Å². The molecule has 1 rings (SSSR count). The SMILES string of the molecule is CNC(Cc1ccncc1Cl)CC(C)C(C)(C)C. The quantitative estimate of drug-likeness (QED) is 0.875. The first-order chi connectivity index (χ1) is 8.34. The van der Waals surface area contributed by atoms with Gasteiger partial charge in [-0.05, 0) is 42.9 Å². The molecule has 0 aliphatic carbocycles. The van der Waals surface area contributed by atoms with Crippen LogP contribution in [0.2, 0.25) is 5.02 Å². The molecule has 0 fully saturated rings. The first kappa shape index (κ1) is 15.5. The van der Waals surface area contributed by atoms with E-state index in [1.165, 1.54) is 5.56 Å². The summed E-state index contributed by atoms with van der Waals surface area (Å²) in [6.07, 6.45) is 5.63. The average molecular weight is 269 g/mol. The Hall–Kier alpha value is -0.600. The second-order valence-electron chi connectivity index (χ2n) is 6.16. The molecule has 0 saturated heterocycles. The lowest BCUT2D eigenvalue weighted by atomic mass is 9.78. The third kappa shape index (κ3) is 4.58. The van der Waals surface area contributed by atoms with Crippen LogP contribution in [-0.2, 0) is 6.42 Å². The van der Waals surface area contributed by atoms with Crippen LogP contribution in [0.5, 0.6) is 0 Å². The van der Waals surface area contributed by atoms with E-state index in [9.17, 15) is 0 Å². The molecule has 102 valence electrons. The zero-order valence-corrected chi connectivity index (χ0v) is 12.9. The molecule has 2 unspecified atom stereocenters. The van der Waals surface area contributed by atoms with Crippen LogP contribution >= 0.6 is 11.6 Å². The highest BCUT2D eigenvalue weighted by Gasteiger charge is 2.23. The molecular formula is C15H25ClN2. The maximum Gasteiger partial charge on any atom is 0.0621 e. The van der Waals surface area contributed by atoms with Crippen molar-refractivity contribution in [3.8, 4) is 0 Å². The minimum Gasteiger partial charge on any atom is -0.317 e. The Bertz CT molecular complexity index is 371. The Morgan fingerprint density at radius 1 is 1.39 bits per heavy atom. The zero-order chi connectivity index (χ0) is 13.8. The van der Waals surface area contributed by atoms with Gasteiger partial charge in [-0.15, -0.1) is 0 Å². The van der Waals surface area contributed by atoms with Crippen molar-refractivity contribution in [3.63, 3.8) is 0 Å². The maximum atomic E-state index is 6.16. The average Bonchev–Trinajstić information content (AvgIpc) is 2.29. The van der Waals surface area contributed by atoms with Crippen LogP contribution in [0.3, 0.4) is 0 Å². The highest BCUT2D eigenvalue weighted by molar-refractivity contribution is 6.31. The van der Waals surface area contributed by atoms with Gasteiger partial charge in [-0.3, -0.25) is 4.98 Å². The van der Waals surface area contributed by atoms with Crippen molar-refractivity contribution in [2.24, 2.45) is 11.3 Å². The molecule has 18 heavy (non-hydrogen) atoms. The summed E-state index contributed by atoms with van der Waals surface area (Å²) in [5, 5.41) is 4.17. The van der Waals surface area contributed by atoms with E-state index in [0.717, 1.165) is 17.9 Å². The number of aromatic nitrogens is 1. The summed E-state index contributed by atoms with van der Waals surface area (Å²) in [5.74, 6) is 0.663. The molecule has 1 N–H and O–H groups in total. The van der Waals surface area contributed by atoms with Gasteiger partial charge in [-0.1, -0.05) is 39.3 Å². The predicted molar refractivity (Wildman–Crippen MR) is 79.0 cm³/mol. The van der Waals surface area contributed by atoms with Gasteiger partial charge in [-0.25, -0.2) is 0 Å². The first-order valence-corrected chi connectivity index (χ1v) is 6.98. The van der Waals surface area contributed by atoms with E-state index >= 15 is 0 Å². The van der Waals surface area contributed by atoms with Gasteiger partial charge in [0.2, 0.25) is 0 Å². The molecule has 0 aromatic carbocycles. The topological polar surface area (TPSA) is 24.9 Å². The van der Waals surface area contributed by atoms with Gasteiger partial charge in [0.05, 0.1) is 5.02 Å². The largest absolute Gasteiger partial charge is 0.317 e. The van der Waals surface area contributed by atoms with Gasteiger partial charge in [-0.2, -0.15) is 0 Å². The van der Waals surface area contributed by atoms with Gasteiger partial charge < -0.3 is 5.32 Å². The number of hydrogen-bond acceptors (Lipinski definition) is 2. The first-order valence-electron chi connectivity index (χ1n) is 6.60. The van der Waals surface area contributed by atoms with E-state index in [4.69, 9.17) is 11.6 Å². The van der Waals surface area contributed by atoms with Crippen LogP contribution in [0.25, 0.3) is 0 Å². The van der Waals surface area contributed by atoms with Crippen LogP contribution in [0.15, 0.2) is 18.5 Å². The van der Waals surface area contributed by atoms with Gasteiger partial charge in [0.15, 0.2) is 0 Å². The number of halogens is 1. The fourth-order valence-corrected chi connectivity index (χ4v) is 2.12. The van der Waals surface area contributed by atoms with Crippen LogP contribution in [0.1, 0.15) is 39.7 Å². The summed E-state index contributed by atoms with van der Waals surface area (Å²) >= 11 is 6.16. The molecule has 1 heterocycles. The Kier molecular flexibility index (Phi) is 5.61. The van der Waals surface area contributed by atoms with Crippen molar-refractivity contribution < 1.29 is 0 Å². The Labute approximate surface area is 116 Å². The third-order valence-electron chi connectivity index (χ3n) is 3.85. The minimum atomic E-state index is 0.344. The Morgan fingerprint density at radius 2 is 2.06 bits per heavy atom. The summed E-state index contributed by atoms with van der Waals surface area (Å²) in [6.45, 7) is 9.20. The van der Waals surface area contributed by atoms with E-state index in [0.29, 0.717) is 17.4 Å². The molecule has 1 aromatic heterocycles. The van der Waals surface area contributed by atoms with Crippen LogP contribution in [0.4, 0.5) is 0 Å². The third-order valence-corrected chi connectivity index (χ3v) is 4.19. The summed E-state index contributed by atoms with van der Waals surface area (Å²) < 4.78 is 0. The fourth-order valence-electron chi connectivity index (χ4n) is 1.92. The van der Waals surface area contributed by atoms with Crippen molar-refractivity contribution in [1.82, 2.24) is 10.3 Å². The molecule has 0 spiro atoms. The monoisotopic (exact) mass is 268 g/mol. The highest BCUT2D eigenvalue weighted by Crippen LogP contribution is 2.30. The molecule has 0 radical (unpaired) electrons. The molecule has 2 nitrogen and oxygen atoms in total. The van der Waals surface area contributed by atoms with Gasteiger partial charge in [0, 0.05) is 18.4 Å². The summed E-state index contributed by atoms with van der Waals surface area (Å²) in [7, 11) is 2.02. The van der Waals surface area contributed by atoms with Gasteiger partial charge in [0.1, 0.15) is 0 Å². The maximum absolute atomic E-state index is 6.16. The molecule has 0 aliphatic heterocycles. The Morgan fingerprint density at radius 3 is 2.56 bits per heavy atom. The predicted octanol–water partition coefficient (Wildman–Crippen LogP) is 3.94. The summed E-state index contributed by atoms with van der Waals surface area (Å²) in [5.41, 5.74) is 1.52. The molecular weight excluding hydrogens is 244 g/mol. The van der Waals surface area contributed by atoms with Crippen molar-refractivity contribution >= 4 is 11.6 Å². The second-order valence-corrected chi connectivity index (χ2v) is 6.57. The number of likely N-dealkylation sites (N-methyl/N-ethyl adjacent to an activating group) is 1. The number of nitrogens with one attached hydrogen (secondary N) is 1.